The number of ether oxygens (including phenoxy) is 2. The van der Waals surface area contributed by atoms with Crippen molar-refractivity contribution in [2.45, 2.75) is 31.7 Å². The fraction of sp³-hybridized carbons (Fsp3) is 0.391. The summed E-state index contributed by atoms with van der Waals surface area (Å²) in [5, 5.41) is 6.59. The van der Waals surface area contributed by atoms with Gasteiger partial charge in [-0.1, -0.05) is 29.3 Å². The van der Waals surface area contributed by atoms with Crippen LogP contribution in [0.3, 0.4) is 0 Å². The van der Waals surface area contributed by atoms with Gasteiger partial charge in [-0.05, 0) is 62.6 Å². The number of carbonyl (C=O) groups is 2. The number of aryl methyl sites for hydroxylation is 1. The first-order chi connectivity index (χ1) is 14.4. The van der Waals surface area contributed by atoms with Crippen LogP contribution in [0.25, 0.3) is 0 Å². The minimum Gasteiger partial charge on any atom is -0.492 e. The van der Waals surface area contributed by atoms with Gasteiger partial charge in [0.05, 0.1) is 12.0 Å². The molecule has 2 amide bonds. The van der Waals surface area contributed by atoms with Gasteiger partial charge < -0.3 is 20.1 Å². The Morgan fingerprint density at radius 1 is 0.967 bits per heavy atom. The van der Waals surface area contributed by atoms with Crippen molar-refractivity contribution in [1.29, 1.82) is 0 Å². The van der Waals surface area contributed by atoms with Gasteiger partial charge in [-0.25, -0.2) is 0 Å². The summed E-state index contributed by atoms with van der Waals surface area (Å²) in [6.07, 6.45) is 2.03. The van der Waals surface area contributed by atoms with Crippen molar-refractivity contribution in [3.05, 3.63) is 59.1 Å². The number of hydrogen-bond acceptors (Lipinski definition) is 4. The van der Waals surface area contributed by atoms with E-state index in [1.54, 1.807) is 24.3 Å². The number of amides is 2. The van der Waals surface area contributed by atoms with E-state index in [1.165, 1.54) is 5.56 Å². The molecular formula is C23H25ClN2O4. The fourth-order valence-corrected chi connectivity index (χ4v) is 4.45. The lowest BCUT2D eigenvalue weighted by molar-refractivity contribution is -0.184. The maximum atomic E-state index is 12.5. The number of nitrogens with one attached hydrogen (secondary N) is 2. The minimum absolute atomic E-state index is 0.0449. The molecule has 0 radical (unpaired) electrons. The summed E-state index contributed by atoms with van der Waals surface area (Å²) in [5.74, 6) is 1.26. The average molecular weight is 429 g/mol. The van der Waals surface area contributed by atoms with Crippen molar-refractivity contribution in [2.75, 3.05) is 19.8 Å². The highest BCUT2D eigenvalue weighted by molar-refractivity contribution is 6.30. The van der Waals surface area contributed by atoms with E-state index in [2.05, 4.69) is 10.6 Å². The zero-order chi connectivity index (χ0) is 21.2. The first kappa shape index (κ1) is 20.5. The molecule has 0 spiro atoms. The molecule has 2 aromatic carbocycles. The van der Waals surface area contributed by atoms with Gasteiger partial charge in [-0.3, -0.25) is 9.59 Å². The third-order valence-corrected chi connectivity index (χ3v) is 6.03. The number of hydrogen-bond donors (Lipinski definition) is 2. The predicted octanol–water partition coefficient (Wildman–Crippen LogP) is 3.26. The van der Waals surface area contributed by atoms with Crippen LogP contribution in [0.5, 0.6) is 11.5 Å². The van der Waals surface area contributed by atoms with Crippen molar-refractivity contribution < 1.29 is 19.1 Å². The van der Waals surface area contributed by atoms with Crippen LogP contribution in [0, 0.1) is 12.3 Å². The summed E-state index contributed by atoms with van der Waals surface area (Å²) in [6.45, 7) is 2.85. The van der Waals surface area contributed by atoms with Crippen LogP contribution in [0.4, 0.5) is 0 Å². The molecule has 3 aliphatic rings. The van der Waals surface area contributed by atoms with Crippen molar-refractivity contribution in [1.82, 2.24) is 10.6 Å². The Bertz CT molecular complexity index is 907. The van der Waals surface area contributed by atoms with E-state index in [0.29, 0.717) is 43.2 Å². The Kier molecular flexibility index (Phi) is 5.60. The normalized spacial score (nSPS) is 23.5. The van der Waals surface area contributed by atoms with Gasteiger partial charge in [-0.2, -0.15) is 0 Å². The van der Waals surface area contributed by atoms with Gasteiger partial charge in [0, 0.05) is 10.6 Å². The molecule has 3 aliphatic carbocycles. The topological polar surface area (TPSA) is 76.7 Å². The Morgan fingerprint density at radius 2 is 1.57 bits per heavy atom. The lowest BCUT2D eigenvalue weighted by Gasteiger charge is -2.69. The molecule has 0 aliphatic heterocycles. The van der Waals surface area contributed by atoms with Gasteiger partial charge in [0.25, 0.3) is 5.91 Å². The van der Waals surface area contributed by atoms with Crippen molar-refractivity contribution in [3.8, 4) is 11.5 Å². The summed E-state index contributed by atoms with van der Waals surface area (Å²) < 4.78 is 11.1. The van der Waals surface area contributed by atoms with Gasteiger partial charge in [0.1, 0.15) is 18.1 Å². The number of carbonyl (C=O) groups excluding carboxylic acids is 2. The van der Waals surface area contributed by atoms with E-state index in [1.807, 2.05) is 31.2 Å². The van der Waals surface area contributed by atoms with Crippen LogP contribution < -0.4 is 20.1 Å². The van der Waals surface area contributed by atoms with Crippen LogP contribution in [0.15, 0.2) is 48.5 Å². The van der Waals surface area contributed by atoms with E-state index in [0.717, 1.165) is 5.75 Å². The lowest BCUT2D eigenvalue weighted by atomic mass is 9.39. The quantitative estimate of drug-likeness (QED) is 0.601. The average Bonchev–Trinajstić information content (AvgIpc) is 2.67. The van der Waals surface area contributed by atoms with Gasteiger partial charge in [-0.15, -0.1) is 0 Å². The van der Waals surface area contributed by atoms with Crippen LogP contribution >= 0.6 is 11.6 Å². The van der Waals surface area contributed by atoms with E-state index in [9.17, 15) is 9.59 Å². The van der Waals surface area contributed by atoms with Gasteiger partial charge in [0.2, 0.25) is 5.91 Å². The molecule has 7 heteroatoms. The van der Waals surface area contributed by atoms with E-state index in [-0.39, 0.29) is 29.4 Å². The highest BCUT2D eigenvalue weighted by Crippen LogP contribution is 2.67. The molecule has 3 fully saturated rings. The Hall–Kier alpha value is -2.73. The third-order valence-electron chi connectivity index (χ3n) is 5.78. The van der Waals surface area contributed by atoms with E-state index >= 15 is 0 Å². The summed E-state index contributed by atoms with van der Waals surface area (Å²) >= 11 is 5.83. The molecule has 0 heterocycles. The molecule has 3 saturated carbocycles. The minimum atomic E-state index is -0.339. The molecule has 2 N–H and O–H groups in total. The molecule has 0 atom stereocenters. The second-order valence-electron chi connectivity index (χ2n) is 8.30. The molecule has 0 aromatic heterocycles. The Balaban J connectivity index is 1.13. The monoisotopic (exact) mass is 428 g/mol. The Morgan fingerprint density at radius 3 is 2.23 bits per heavy atom. The summed E-state index contributed by atoms with van der Waals surface area (Å²) in [5.41, 5.74) is 0.585. The van der Waals surface area contributed by atoms with E-state index < -0.39 is 0 Å². The van der Waals surface area contributed by atoms with Crippen LogP contribution in [-0.4, -0.2) is 37.1 Å². The maximum Gasteiger partial charge on any atom is 0.258 e. The molecule has 2 aromatic rings. The molecule has 158 valence electrons. The lowest BCUT2D eigenvalue weighted by Crippen LogP contribution is -2.78. The van der Waals surface area contributed by atoms with Crippen LogP contribution in [-0.2, 0) is 9.59 Å². The highest BCUT2D eigenvalue weighted by Gasteiger charge is 2.72. The number of rotatable bonds is 9. The van der Waals surface area contributed by atoms with Crippen LogP contribution in [0.2, 0.25) is 5.02 Å². The zero-order valence-electron chi connectivity index (χ0n) is 16.9. The summed E-state index contributed by atoms with van der Waals surface area (Å²) in [7, 11) is 0. The molecule has 6 nitrogen and oxygen atoms in total. The third kappa shape index (κ3) is 4.38. The molecule has 0 unspecified atom stereocenters. The molecular weight excluding hydrogens is 404 g/mol. The molecule has 5 rings (SSSR count). The second kappa shape index (κ2) is 8.19. The maximum absolute atomic E-state index is 12.5. The first-order valence-electron chi connectivity index (χ1n) is 10.1. The van der Waals surface area contributed by atoms with E-state index in [4.69, 9.17) is 21.1 Å². The van der Waals surface area contributed by atoms with Crippen molar-refractivity contribution in [2.24, 2.45) is 5.41 Å². The Labute approximate surface area is 180 Å². The zero-order valence-corrected chi connectivity index (χ0v) is 17.6. The standard InChI is InChI=1S/C23H25ClN2O4/c1-16-2-6-18(7-3-16)29-11-10-25-21(28)22-13-23(14-22,15-22)26-20(27)12-30-19-8-4-17(24)5-9-19/h2-9H,10-15H2,1H3,(H,25,28)(H,26,27). The first-order valence-corrected chi connectivity index (χ1v) is 10.4. The largest absolute Gasteiger partial charge is 0.492 e. The fourth-order valence-electron chi connectivity index (χ4n) is 4.33. The van der Waals surface area contributed by atoms with Gasteiger partial charge in [0.15, 0.2) is 6.61 Å². The summed E-state index contributed by atoms with van der Waals surface area (Å²) in [4.78, 5) is 24.7. The molecule has 30 heavy (non-hydrogen) atoms. The van der Waals surface area contributed by atoms with Gasteiger partial charge >= 0.3 is 0 Å². The van der Waals surface area contributed by atoms with Crippen molar-refractivity contribution >= 4 is 23.4 Å². The SMILES string of the molecule is Cc1ccc(OCCNC(=O)C23CC(NC(=O)COc4ccc(Cl)cc4)(C2)C3)cc1. The second-order valence-corrected chi connectivity index (χ2v) is 8.74. The molecule has 0 saturated heterocycles. The number of benzene rings is 2. The smallest absolute Gasteiger partial charge is 0.258 e. The summed E-state index contributed by atoms with van der Waals surface area (Å²) in [6, 6.07) is 14.7. The molecule has 2 bridgehead atoms. The van der Waals surface area contributed by atoms with Crippen molar-refractivity contribution in [3.63, 3.8) is 0 Å². The highest BCUT2D eigenvalue weighted by atomic mass is 35.5. The predicted molar refractivity (Wildman–Crippen MR) is 114 cm³/mol. The number of halogens is 1. The van der Waals surface area contributed by atoms with Crippen LogP contribution in [0.1, 0.15) is 24.8 Å².